The molecule has 2 saturated heterocycles. The molecule has 2 fully saturated rings. The second-order valence-electron chi connectivity index (χ2n) is 15.1. The lowest BCUT2D eigenvalue weighted by molar-refractivity contribution is -0.164. The number of ether oxygens (including phenoxy) is 6. The monoisotopic (exact) mass is 762 g/mol. The van der Waals surface area contributed by atoms with Crippen LogP contribution in [0.5, 0.6) is 11.5 Å². The van der Waals surface area contributed by atoms with Gasteiger partial charge in [-0.1, -0.05) is 111 Å². The van der Waals surface area contributed by atoms with Crippen LogP contribution in [0.2, 0.25) is 5.04 Å². The van der Waals surface area contributed by atoms with Crippen molar-refractivity contribution in [2.75, 3.05) is 27.4 Å². The van der Waals surface area contributed by atoms with Gasteiger partial charge in [-0.2, -0.15) is 0 Å². The largest absolute Gasteiger partial charge is 0.493 e. The van der Waals surface area contributed by atoms with Gasteiger partial charge < -0.3 is 32.8 Å². The van der Waals surface area contributed by atoms with Gasteiger partial charge in [0.05, 0.1) is 46.2 Å². The molecular weight excluding hydrogens is 708 g/mol. The van der Waals surface area contributed by atoms with Crippen molar-refractivity contribution < 1.29 is 37.6 Å². The van der Waals surface area contributed by atoms with Crippen molar-refractivity contribution in [1.82, 2.24) is 0 Å². The number of hydrogen-bond donors (Lipinski definition) is 0. The summed E-state index contributed by atoms with van der Waals surface area (Å²) in [5.41, 5.74) is 1.57. The van der Waals surface area contributed by atoms with Gasteiger partial charge in [0.25, 0.3) is 8.32 Å². The van der Waals surface area contributed by atoms with Crippen LogP contribution in [-0.4, -0.2) is 72.2 Å². The molecule has 0 saturated carbocycles. The van der Waals surface area contributed by atoms with Crippen LogP contribution >= 0.6 is 11.6 Å². The van der Waals surface area contributed by atoms with Gasteiger partial charge in [-0.3, -0.25) is 4.79 Å². The lowest BCUT2D eigenvalue weighted by Gasteiger charge is -2.43. The molecule has 0 aliphatic carbocycles. The van der Waals surface area contributed by atoms with Crippen LogP contribution in [0.25, 0.3) is 0 Å². The van der Waals surface area contributed by atoms with E-state index >= 15 is 0 Å². The van der Waals surface area contributed by atoms with Crippen molar-refractivity contribution in [1.29, 1.82) is 0 Å². The Balaban J connectivity index is 1.21. The van der Waals surface area contributed by atoms with Crippen LogP contribution < -0.4 is 19.8 Å². The van der Waals surface area contributed by atoms with Crippen LogP contribution in [0, 0.1) is 0 Å². The number of hydrogen-bond acceptors (Lipinski definition) is 8. The molecule has 2 aliphatic heterocycles. The highest BCUT2D eigenvalue weighted by Gasteiger charge is 2.50. The standard InChI is InChI=1S/C43H55ClO8Si/c1-42(2,3)53(35-17-10-8-11-18-35,36-19-12-9-13-20-36)50-29-32(27-45)15-14-16-33(44)22-23-34-26-39(41(51-34)40-30-49-43(4,5)52-40)48-28-31-21-24-37(46-6)38(25-31)47-7/h8-13,15-21,24-25,27,34,39-41H,14,22-23,26,28-30H2,1-7H3/b32-15+,33-16-/t34-,39-,40-,41+/m1/s1. The summed E-state index contributed by atoms with van der Waals surface area (Å²) in [6.45, 7) is 11.5. The highest BCUT2D eigenvalue weighted by molar-refractivity contribution is 6.99. The third-order valence-corrected chi connectivity index (χ3v) is 15.3. The zero-order valence-electron chi connectivity index (χ0n) is 32.1. The molecule has 8 nitrogen and oxygen atoms in total. The first kappa shape index (κ1) is 40.9. The molecule has 0 N–H and O–H groups in total. The molecule has 3 aromatic carbocycles. The zero-order valence-corrected chi connectivity index (χ0v) is 33.9. The summed E-state index contributed by atoms with van der Waals surface area (Å²) in [6.07, 6.45) is 6.57. The summed E-state index contributed by atoms with van der Waals surface area (Å²) < 4.78 is 42.9. The predicted octanol–water partition coefficient (Wildman–Crippen LogP) is 7.89. The van der Waals surface area contributed by atoms with Crippen LogP contribution in [0.15, 0.2) is 102 Å². The van der Waals surface area contributed by atoms with E-state index < -0.39 is 14.1 Å². The molecule has 10 heteroatoms. The Morgan fingerprint density at radius 3 is 2.17 bits per heavy atom. The van der Waals surface area contributed by atoms with Gasteiger partial charge in [0.15, 0.2) is 17.3 Å². The number of benzene rings is 3. The van der Waals surface area contributed by atoms with Gasteiger partial charge in [0, 0.05) is 17.0 Å². The van der Waals surface area contributed by atoms with Gasteiger partial charge in [-0.05, 0) is 66.2 Å². The molecule has 3 aromatic rings. The fourth-order valence-corrected chi connectivity index (χ4v) is 12.1. The smallest absolute Gasteiger partial charge is 0.261 e. The first-order valence-electron chi connectivity index (χ1n) is 18.4. The minimum absolute atomic E-state index is 0.0641. The maximum atomic E-state index is 12.3. The molecule has 53 heavy (non-hydrogen) atoms. The van der Waals surface area contributed by atoms with E-state index in [1.165, 1.54) is 10.4 Å². The second-order valence-corrected chi connectivity index (χ2v) is 19.9. The van der Waals surface area contributed by atoms with E-state index in [0.717, 1.165) is 23.3 Å². The number of carbonyl (C=O) groups is 1. The van der Waals surface area contributed by atoms with E-state index in [9.17, 15) is 4.79 Å². The molecular formula is C43H55ClO8Si. The van der Waals surface area contributed by atoms with Crippen molar-refractivity contribution in [2.24, 2.45) is 0 Å². The molecule has 0 aromatic heterocycles. The van der Waals surface area contributed by atoms with E-state index in [1.807, 2.05) is 56.3 Å². The Morgan fingerprint density at radius 1 is 0.943 bits per heavy atom. The van der Waals surface area contributed by atoms with Gasteiger partial charge in [0.1, 0.15) is 18.5 Å². The topological polar surface area (TPSA) is 81.7 Å². The number of aldehydes is 1. The minimum atomic E-state index is -2.77. The summed E-state index contributed by atoms with van der Waals surface area (Å²) in [6, 6.07) is 26.6. The van der Waals surface area contributed by atoms with E-state index in [1.54, 1.807) is 14.2 Å². The van der Waals surface area contributed by atoms with Crippen LogP contribution in [-0.2, 0) is 34.8 Å². The van der Waals surface area contributed by atoms with Crippen molar-refractivity contribution in [3.8, 4) is 11.5 Å². The average molecular weight is 763 g/mol. The lowest BCUT2D eigenvalue weighted by atomic mass is 10.0. The molecule has 5 rings (SSSR count). The van der Waals surface area contributed by atoms with Crippen molar-refractivity contribution in [3.05, 3.63) is 107 Å². The molecule has 4 atom stereocenters. The SMILES string of the molecule is COc1ccc(CO[C@@H]2C[C@@H](CC/C(Cl)=C/C/C=C(\C=O)CO[Si](c3ccccc3)(c3ccccc3)C(C)(C)C)O[C@@H]2[C@H]2COC(C)(C)O2)cc1OC. The summed E-state index contributed by atoms with van der Waals surface area (Å²) in [5, 5.41) is 2.88. The predicted molar refractivity (Wildman–Crippen MR) is 212 cm³/mol. The van der Waals surface area contributed by atoms with Crippen molar-refractivity contribution in [3.63, 3.8) is 0 Å². The summed E-state index contributed by atoms with van der Waals surface area (Å²) in [4.78, 5) is 12.3. The van der Waals surface area contributed by atoms with Crippen molar-refractivity contribution >= 4 is 36.6 Å². The van der Waals surface area contributed by atoms with E-state index in [2.05, 4.69) is 69.3 Å². The third-order valence-electron chi connectivity index (χ3n) is 9.97. The van der Waals surface area contributed by atoms with E-state index in [-0.39, 0.29) is 36.1 Å². The Hall–Kier alpha value is -3.28. The number of carbonyl (C=O) groups excluding carboxylic acids is 1. The highest BCUT2D eigenvalue weighted by atomic mass is 35.5. The van der Waals surface area contributed by atoms with Crippen LogP contribution in [0.3, 0.4) is 0 Å². The lowest BCUT2D eigenvalue weighted by Crippen LogP contribution is -2.66. The fourth-order valence-electron chi connectivity index (χ4n) is 7.32. The summed E-state index contributed by atoms with van der Waals surface area (Å²) in [7, 11) is 0.467. The molecule has 2 aliphatic rings. The van der Waals surface area contributed by atoms with Crippen LogP contribution in [0.1, 0.15) is 65.9 Å². The normalized spacial score (nSPS) is 22.2. The van der Waals surface area contributed by atoms with E-state index in [0.29, 0.717) is 49.5 Å². The number of halogens is 1. The molecule has 0 bridgehead atoms. The molecule has 286 valence electrons. The molecule has 0 spiro atoms. The van der Waals surface area contributed by atoms with Gasteiger partial charge in [-0.25, -0.2) is 0 Å². The number of rotatable bonds is 17. The maximum absolute atomic E-state index is 12.3. The first-order chi connectivity index (χ1) is 25.4. The molecule has 0 amide bonds. The number of allylic oxidation sites excluding steroid dienone is 3. The Kier molecular flexibility index (Phi) is 14.2. The second kappa shape index (κ2) is 18.4. The minimum Gasteiger partial charge on any atom is -0.493 e. The van der Waals surface area contributed by atoms with E-state index in [4.69, 9.17) is 44.4 Å². The first-order valence-corrected chi connectivity index (χ1v) is 20.7. The number of methoxy groups -OCH3 is 2. The average Bonchev–Trinajstić information content (AvgIpc) is 3.74. The summed E-state index contributed by atoms with van der Waals surface area (Å²) in [5.74, 6) is 0.650. The van der Waals surface area contributed by atoms with Gasteiger partial charge in [-0.15, -0.1) is 0 Å². The van der Waals surface area contributed by atoms with Gasteiger partial charge in [0.2, 0.25) is 0 Å². The Labute approximate surface area is 321 Å². The van der Waals surface area contributed by atoms with Gasteiger partial charge >= 0.3 is 0 Å². The van der Waals surface area contributed by atoms with Crippen LogP contribution in [0.4, 0.5) is 0 Å². The molecule has 2 heterocycles. The Morgan fingerprint density at radius 2 is 1.60 bits per heavy atom. The summed E-state index contributed by atoms with van der Waals surface area (Å²) >= 11 is 6.75. The third kappa shape index (κ3) is 10.3. The van der Waals surface area contributed by atoms with Crippen molar-refractivity contribution in [2.45, 2.75) is 102 Å². The maximum Gasteiger partial charge on any atom is 0.261 e. The quantitative estimate of drug-likeness (QED) is 0.0781. The molecule has 0 unspecified atom stereocenters. The fraction of sp³-hybridized carbons (Fsp3) is 0.465. The Bertz CT molecular complexity index is 1650. The highest BCUT2D eigenvalue weighted by Crippen LogP contribution is 2.38. The molecule has 0 radical (unpaired) electrons. The zero-order chi connectivity index (χ0) is 38.1.